The van der Waals surface area contributed by atoms with Gasteiger partial charge in [0.1, 0.15) is 23.6 Å². The molecule has 7 rings (SSSR count). The number of aliphatic imine (C=N–C) groups is 2. The molecule has 0 bridgehead atoms. The van der Waals surface area contributed by atoms with Crippen LogP contribution in [0, 0.1) is 35.8 Å². The van der Waals surface area contributed by atoms with Gasteiger partial charge in [-0.1, -0.05) is 87.3 Å². The highest BCUT2D eigenvalue weighted by atomic mass is 32.1. The molecule has 0 fully saturated rings. The van der Waals surface area contributed by atoms with Crippen molar-refractivity contribution in [3.8, 4) is 23.6 Å². The van der Waals surface area contributed by atoms with Crippen LogP contribution in [0.15, 0.2) is 22.1 Å². The Bertz CT molecular complexity index is 2360. The van der Waals surface area contributed by atoms with Gasteiger partial charge in [0.15, 0.2) is 0 Å². The van der Waals surface area contributed by atoms with Crippen LogP contribution in [0.1, 0.15) is 85.0 Å². The molecule has 0 aromatic carbocycles. The van der Waals surface area contributed by atoms with E-state index in [-0.39, 0.29) is 22.5 Å². The van der Waals surface area contributed by atoms with E-state index in [4.69, 9.17) is 22.6 Å². The van der Waals surface area contributed by atoms with Crippen LogP contribution >= 0.6 is 56.7 Å². The molecular formula is C38H30N6O2S5. The predicted molar refractivity (Wildman–Crippen MR) is 216 cm³/mol. The lowest BCUT2D eigenvalue weighted by atomic mass is 9.81. The first kappa shape index (κ1) is 34.8. The maximum Gasteiger partial charge on any atom is 0.350 e. The van der Waals surface area contributed by atoms with E-state index in [1.54, 1.807) is 0 Å². The number of rotatable bonds is 10. The first-order valence-electron chi connectivity index (χ1n) is 16.2. The molecule has 0 N–H and O–H groups in total. The fraction of sp³-hybridized carbons (Fsp3) is 0.316. The highest BCUT2D eigenvalue weighted by Crippen LogP contribution is 2.63. The fourth-order valence-corrected chi connectivity index (χ4v) is 14.0. The van der Waals surface area contributed by atoms with Gasteiger partial charge in [0.05, 0.1) is 41.8 Å². The lowest BCUT2D eigenvalue weighted by Crippen LogP contribution is -2.16. The summed E-state index contributed by atoms with van der Waals surface area (Å²) in [6.07, 6.45) is 6.30. The zero-order chi connectivity index (χ0) is 36.2. The molecule has 5 aromatic heterocycles. The molecule has 51 heavy (non-hydrogen) atoms. The van der Waals surface area contributed by atoms with Crippen LogP contribution in [-0.4, -0.2) is 24.9 Å². The number of hydrogen-bond donors (Lipinski definition) is 0. The van der Waals surface area contributed by atoms with Crippen LogP contribution in [0.3, 0.4) is 0 Å². The smallest absolute Gasteiger partial charge is 0.350 e. The zero-order valence-corrected chi connectivity index (χ0v) is 32.8. The van der Waals surface area contributed by atoms with Crippen molar-refractivity contribution in [3.63, 3.8) is 0 Å². The maximum absolute atomic E-state index is 9.33. The van der Waals surface area contributed by atoms with Gasteiger partial charge >= 0.3 is 11.7 Å². The molecule has 0 spiro atoms. The summed E-state index contributed by atoms with van der Waals surface area (Å²) in [5.74, 6) is 1.09. The summed E-state index contributed by atoms with van der Waals surface area (Å²) in [4.78, 5) is 19.6. The van der Waals surface area contributed by atoms with E-state index in [2.05, 4.69) is 73.4 Å². The Morgan fingerprint density at radius 3 is 1.45 bits per heavy atom. The predicted octanol–water partition coefficient (Wildman–Crippen LogP) is 12.5. The third-order valence-electron chi connectivity index (χ3n) is 8.97. The summed E-state index contributed by atoms with van der Waals surface area (Å²) in [6, 6.07) is 7.45. The third kappa shape index (κ3) is 5.62. The summed E-state index contributed by atoms with van der Waals surface area (Å²) >= 11 is 8.49. The zero-order valence-electron chi connectivity index (χ0n) is 28.7. The molecule has 0 atom stereocenters. The molecule has 8 nitrogen and oxygen atoms in total. The fourth-order valence-electron chi connectivity index (χ4n) is 6.65. The Kier molecular flexibility index (Phi) is 9.00. The summed E-state index contributed by atoms with van der Waals surface area (Å²) in [5.41, 5.74) is 4.33. The van der Waals surface area contributed by atoms with Gasteiger partial charge in [-0.3, -0.25) is 0 Å². The molecule has 0 saturated heterocycles. The van der Waals surface area contributed by atoms with Gasteiger partial charge in [0.25, 0.3) is 0 Å². The summed E-state index contributed by atoms with van der Waals surface area (Å²) in [7, 11) is 0. The molecule has 2 aliphatic carbocycles. The number of nitrogens with zero attached hydrogens (tertiary/aromatic N) is 6. The minimum Gasteiger partial charge on any atom is -0.492 e. The Morgan fingerprint density at radius 1 is 0.686 bits per heavy atom. The summed E-state index contributed by atoms with van der Waals surface area (Å²) in [5, 5.41) is 19.8. The first-order chi connectivity index (χ1) is 24.5. The average Bonchev–Trinajstić information content (AvgIpc) is 3.95. The van der Waals surface area contributed by atoms with Gasteiger partial charge in [0.2, 0.25) is 10.0 Å². The average molecular weight is 763 g/mol. The van der Waals surface area contributed by atoms with Crippen molar-refractivity contribution < 1.29 is 9.47 Å². The lowest BCUT2D eigenvalue weighted by molar-refractivity contribution is 0.317. The molecule has 13 heteroatoms. The molecule has 5 aromatic rings. The number of amidine groups is 2. The van der Waals surface area contributed by atoms with Crippen molar-refractivity contribution in [3.05, 3.63) is 65.6 Å². The van der Waals surface area contributed by atoms with Gasteiger partial charge < -0.3 is 19.2 Å². The summed E-state index contributed by atoms with van der Waals surface area (Å²) in [6.45, 7) is 28.9. The number of ether oxygens (including phenoxy) is 2. The van der Waals surface area contributed by atoms with Crippen LogP contribution in [0.25, 0.3) is 51.8 Å². The standard InChI is InChI=1S/C38H30N6O2S5/c1-9-11-45-21-15-27(43-25(17-39)41-7)49-31(21)19-13-23-29(37(19,3)4)33-35(47-23)36-34(51-33)30-24(48-36)14-20(38(30,5)6)32-22(46-12-10-2)16-28(50-32)44-26(18-40)42-8/h13-16H,9-12H2,1-6H3. The second kappa shape index (κ2) is 13.2. The van der Waals surface area contributed by atoms with E-state index in [9.17, 15) is 10.5 Å². The molecule has 0 unspecified atom stereocenters. The normalized spacial score (nSPS) is 15.9. The largest absolute Gasteiger partial charge is 0.492 e. The van der Waals surface area contributed by atoms with Crippen LogP contribution in [0.4, 0.5) is 10.0 Å². The SMILES string of the molecule is [C-]#[N+]C(C#N)=Nc1cc(OCCC)c(C2=Cc3sc4c(sc5c6c(sc54)C=C(c4sc(N=C(C#N)[N+]#[C-])cc4OCCC)C6(C)C)c3C2(C)C)s1. The van der Waals surface area contributed by atoms with Crippen molar-refractivity contribution in [2.24, 2.45) is 9.98 Å². The second-order valence-corrected chi connectivity index (χ2v) is 18.2. The Morgan fingerprint density at radius 2 is 1.10 bits per heavy atom. The summed E-state index contributed by atoms with van der Waals surface area (Å²) < 4.78 is 17.7. The molecule has 2 aliphatic rings. The Balaban J connectivity index is 1.31. The van der Waals surface area contributed by atoms with Crippen molar-refractivity contribution in [1.29, 1.82) is 10.5 Å². The lowest BCUT2D eigenvalue weighted by Gasteiger charge is -2.24. The maximum atomic E-state index is 9.33. The minimum absolute atomic E-state index is 0.192. The molecular weight excluding hydrogens is 733 g/mol. The topological polar surface area (TPSA) is 99.5 Å². The molecule has 254 valence electrons. The molecule has 0 aliphatic heterocycles. The number of fused-ring (bicyclic) bond motifs is 7. The highest BCUT2D eigenvalue weighted by molar-refractivity contribution is 7.39. The minimum atomic E-state index is -0.316. The Labute approximate surface area is 316 Å². The van der Waals surface area contributed by atoms with E-state index in [1.165, 1.54) is 62.4 Å². The van der Waals surface area contributed by atoms with Crippen molar-refractivity contribution in [2.45, 2.75) is 65.2 Å². The van der Waals surface area contributed by atoms with Crippen LogP contribution < -0.4 is 9.47 Å². The molecule has 5 heterocycles. The van der Waals surface area contributed by atoms with Gasteiger partial charge in [0, 0.05) is 32.7 Å². The van der Waals surface area contributed by atoms with Crippen LogP contribution in [0.2, 0.25) is 0 Å². The van der Waals surface area contributed by atoms with Crippen LogP contribution in [0.5, 0.6) is 11.5 Å². The molecule has 0 saturated carbocycles. The first-order valence-corrected chi connectivity index (χ1v) is 20.3. The van der Waals surface area contributed by atoms with Gasteiger partial charge in [-0.05, 0) is 47.3 Å². The molecule has 0 radical (unpaired) electrons. The van der Waals surface area contributed by atoms with E-state index in [0.717, 1.165) is 45.2 Å². The number of nitriles is 2. The van der Waals surface area contributed by atoms with Crippen LogP contribution in [-0.2, 0) is 10.8 Å². The number of hydrogen-bond acceptors (Lipinski definition) is 11. The van der Waals surface area contributed by atoms with Crippen molar-refractivity contribution in [1.82, 2.24) is 0 Å². The van der Waals surface area contributed by atoms with E-state index >= 15 is 0 Å². The second-order valence-electron chi connectivity index (χ2n) is 13.0. The van der Waals surface area contributed by atoms with E-state index in [1.807, 2.05) is 58.3 Å². The monoisotopic (exact) mass is 762 g/mol. The quantitative estimate of drug-likeness (QED) is 0.0803. The van der Waals surface area contributed by atoms with Crippen molar-refractivity contribution in [2.75, 3.05) is 13.2 Å². The van der Waals surface area contributed by atoms with Crippen molar-refractivity contribution >= 4 is 120 Å². The van der Waals surface area contributed by atoms with Gasteiger partial charge in [-0.15, -0.1) is 34.0 Å². The van der Waals surface area contributed by atoms with Gasteiger partial charge in [-0.2, -0.15) is 0 Å². The van der Waals surface area contributed by atoms with Gasteiger partial charge in [-0.25, -0.2) is 10.5 Å². The van der Waals surface area contributed by atoms with E-state index in [0.29, 0.717) is 23.2 Å². The highest BCUT2D eigenvalue weighted by Gasteiger charge is 2.43. The number of thiophene rings is 5. The molecule has 0 amide bonds. The third-order valence-corrected chi connectivity index (χ3v) is 15.0. The Hall–Kier alpha value is -4.60. The van der Waals surface area contributed by atoms with E-state index < -0.39 is 0 Å². The number of allylic oxidation sites excluding steroid dienone is 2.